The molecule has 0 aliphatic rings. The van der Waals surface area contributed by atoms with Crippen LogP contribution in [0, 0.1) is 20.2 Å². The van der Waals surface area contributed by atoms with Crippen LogP contribution >= 0.6 is 0 Å². The van der Waals surface area contributed by atoms with Crippen molar-refractivity contribution in [3.8, 4) is 0 Å². The number of nitrogens with zero attached hydrogens (tertiary/aromatic N) is 4. The summed E-state index contributed by atoms with van der Waals surface area (Å²) in [5.41, 5.74) is 0.732. The molecule has 0 aliphatic carbocycles. The number of carbonyl (C=O) groups is 2. The number of nitrogens with one attached hydrogen (secondary N) is 1. The van der Waals surface area contributed by atoms with Crippen molar-refractivity contribution in [1.29, 1.82) is 0 Å². The van der Waals surface area contributed by atoms with Crippen molar-refractivity contribution in [2.45, 2.75) is 0 Å². The monoisotopic (exact) mass is 463 g/mol. The maximum atomic E-state index is 12.8. The summed E-state index contributed by atoms with van der Waals surface area (Å²) in [6.07, 6.45) is 0. The summed E-state index contributed by atoms with van der Waals surface area (Å²) in [5.74, 6) is -0.934. The smallest absolute Gasteiger partial charge is 0.346 e. The van der Waals surface area contributed by atoms with Crippen LogP contribution < -0.4 is 15.1 Å². The van der Waals surface area contributed by atoms with Gasteiger partial charge in [-0.1, -0.05) is 12.1 Å². The molecule has 3 aromatic carbocycles. The molecule has 1 N–H and O–H groups in total. The molecule has 34 heavy (non-hydrogen) atoms. The summed E-state index contributed by atoms with van der Waals surface area (Å²) in [5, 5.41) is 25.0. The molecule has 0 atom stereocenters. The van der Waals surface area contributed by atoms with Crippen LogP contribution in [0.15, 0.2) is 66.7 Å². The molecule has 174 valence electrons. The van der Waals surface area contributed by atoms with E-state index < -0.39 is 27.1 Å². The van der Waals surface area contributed by atoms with E-state index in [1.165, 1.54) is 11.9 Å². The highest BCUT2D eigenvalue weighted by Crippen LogP contribution is 2.29. The second-order valence-electron chi connectivity index (χ2n) is 7.49. The van der Waals surface area contributed by atoms with Crippen molar-refractivity contribution in [3.05, 3.63) is 98.1 Å². The van der Waals surface area contributed by atoms with E-state index in [-0.39, 0.29) is 11.5 Å². The van der Waals surface area contributed by atoms with Crippen LogP contribution in [0.25, 0.3) is 0 Å². The van der Waals surface area contributed by atoms with Crippen molar-refractivity contribution < 1.29 is 19.4 Å². The van der Waals surface area contributed by atoms with Crippen LogP contribution in [0.4, 0.5) is 28.4 Å². The van der Waals surface area contributed by atoms with Crippen molar-refractivity contribution in [2.24, 2.45) is 0 Å². The predicted molar refractivity (Wildman–Crippen MR) is 128 cm³/mol. The number of carbonyl (C=O) groups excluding carboxylic acids is 2. The number of nitro benzene ring substituents is 2. The van der Waals surface area contributed by atoms with Gasteiger partial charge in [-0.15, -0.1) is 0 Å². The topological polar surface area (TPSA) is 139 Å². The second kappa shape index (κ2) is 9.77. The van der Waals surface area contributed by atoms with E-state index in [1.807, 2.05) is 37.2 Å². The molecule has 3 aromatic rings. The fourth-order valence-corrected chi connectivity index (χ4v) is 3.27. The first-order chi connectivity index (χ1) is 16.1. The Kier molecular flexibility index (Phi) is 6.86. The fraction of sp³-hybridized carbons (Fsp3) is 0.130. The quantitative estimate of drug-likeness (QED) is 0.411. The summed E-state index contributed by atoms with van der Waals surface area (Å²) < 4.78 is 0. The zero-order valence-electron chi connectivity index (χ0n) is 18.6. The lowest BCUT2D eigenvalue weighted by Gasteiger charge is -2.19. The Labute approximate surface area is 194 Å². The minimum atomic E-state index is -0.906. The van der Waals surface area contributed by atoms with E-state index in [0.717, 1.165) is 23.9 Å². The van der Waals surface area contributed by atoms with Crippen LogP contribution in [0.5, 0.6) is 0 Å². The van der Waals surface area contributed by atoms with Crippen LogP contribution in [-0.2, 0) is 0 Å². The third-order valence-electron chi connectivity index (χ3n) is 5.07. The molecule has 3 rings (SSSR count). The Balaban J connectivity index is 1.79. The van der Waals surface area contributed by atoms with Gasteiger partial charge in [-0.3, -0.25) is 29.8 Å². The van der Waals surface area contributed by atoms with E-state index in [2.05, 4.69) is 5.32 Å². The maximum Gasteiger partial charge on any atom is 0.346 e. The predicted octanol–water partition coefficient (Wildman–Crippen LogP) is 4.10. The first-order valence-corrected chi connectivity index (χ1v) is 9.98. The van der Waals surface area contributed by atoms with Crippen molar-refractivity contribution in [3.63, 3.8) is 0 Å². The minimum Gasteiger partial charge on any atom is -0.376 e. The Hall–Kier alpha value is -4.80. The number of hydrogen-bond donors (Lipinski definition) is 1. The first-order valence-electron chi connectivity index (χ1n) is 9.98. The lowest BCUT2D eigenvalue weighted by Crippen LogP contribution is -2.26. The van der Waals surface area contributed by atoms with E-state index in [1.54, 1.807) is 30.3 Å². The van der Waals surface area contributed by atoms with Crippen LogP contribution in [0.3, 0.4) is 0 Å². The van der Waals surface area contributed by atoms with Gasteiger partial charge < -0.3 is 15.1 Å². The van der Waals surface area contributed by atoms with Crippen molar-refractivity contribution >= 4 is 40.3 Å². The summed E-state index contributed by atoms with van der Waals surface area (Å²) in [4.78, 5) is 49.0. The number of rotatable bonds is 7. The molecule has 0 spiro atoms. The minimum absolute atomic E-state index is 0.0816. The number of anilines is 3. The van der Waals surface area contributed by atoms with Gasteiger partial charge in [-0.25, -0.2) is 0 Å². The van der Waals surface area contributed by atoms with Gasteiger partial charge in [-0.05, 0) is 42.5 Å². The van der Waals surface area contributed by atoms with Crippen molar-refractivity contribution in [1.82, 2.24) is 0 Å². The number of hydrogen-bond acceptors (Lipinski definition) is 7. The lowest BCUT2D eigenvalue weighted by atomic mass is 10.1. The molecule has 11 heteroatoms. The summed E-state index contributed by atoms with van der Waals surface area (Å²) in [6, 6.07) is 16.5. The molecule has 0 saturated carbocycles. The fourth-order valence-electron chi connectivity index (χ4n) is 3.27. The summed E-state index contributed by atoms with van der Waals surface area (Å²) >= 11 is 0. The Morgan fingerprint density at radius 3 is 1.97 bits per heavy atom. The van der Waals surface area contributed by atoms with Gasteiger partial charge in [0.05, 0.1) is 21.2 Å². The number of benzene rings is 3. The van der Waals surface area contributed by atoms with Crippen molar-refractivity contribution in [2.75, 3.05) is 36.3 Å². The summed E-state index contributed by atoms with van der Waals surface area (Å²) in [6.45, 7) is 0. The van der Waals surface area contributed by atoms with E-state index in [4.69, 9.17) is 0 Å². The van der Waals surface area contributed by atoms with Gasteiger partial charge in [0.2, 0.25) is 0 Å². The molecule has 0 fully saturated rings. The third kappa shape index (κ3) is 4.99. The lowest BCUT2D eigenvalue weighted by molar-refractivity contribution is -0.422. The highest BCUT2D eigenvalue weighted by molar-refractivity contribution is 6.08. The van der Waals surface area contributed by atoms with Gasteiger partial charge >= 0.3 is 11.4 Å². The molecular formula is C23H21N5O6. The average Bonchev–Trinajstić information content (AvgIpc) is 2.82. The highest BCUT2D eigenvalue weighted by atomic mass is 16.6. The van der Waals surface area contributed by atoms with Crippen LogP contribution in [0.2, 0.25) is 0 Å². The third-order valence-corrected chi connectivity index (χ3v) is 5.07. The molecule has 2 amide bonds. The largest absolute Gasteiger partial charge is 0.376 e. The zero-order valence-corrected chi connectivity index (χ0v) is 18.6. The zero-order chi connectivity index (χ0) is 25.0. The Morgan fingerprint density at radius 2 is 1.38 bits per heavy atom. The molecule has 11 nitrogen and oxygen atoms in total. The van der Waals surface area contributed by atoms with Gasteiger partial charge in [0, 0.05) is 50.1 Å². The average molecular weight is 463 g/mol. The number of para-hydroxylation sites is 2. The van der Waals surface area contributed by atoms with Gasteiger partial charge in [0.15, 0.2) is 0 Å². The SMILES string of the molecule is CN(C)c1ccccc1NC(=O)c1ccc(N(C)C(=O)c2ccc([N+](=O)[O-])c([N+](=O)[O-])c2)cc1. The van der Waals surface area contributed by atoms with E-state index >= 15 is 0 Å². The molecule has 0 aromatic heterocycles. The van der Waals surface area contributed by atoms with Gasteiger partial charge in [0.25, 0.3) is 11.8 Å². The molecule has 0 aliphatic heterocycles. The molecule has 0 saturated heterocycles. The van der Waals surface area contributed by atoms with Gasteiger partial charge in [-0.2, -0.15) is 0 Å². The van der Waals surface area contributed by atoms with E-state index in [0.29, 0.717) is 16.9 Å². The molecule has 0 bridgehead atoms. The highest BCUT2D eigenvalue weighted by Gasteiger charge is 2.27. The Bertz CT molecular complexity index is 1270. The molecule has 0 unspecified atom stereocenters. The molecular weight excluding hydrogens is 442 g/mol. The van der Waals surface area contributed by atoms with E-state index in [9.17, 15) is 29.8 Å². The second-order valence-corrected chi connectivity index (χ2v) is 7.49. The number of amides is 2. The molecule has 0 heterocycles. The normalized spacial score (nSPS) is 10.3. The summed E-state index contributed by atoms with van der Waals surface area (Å²) in [7, 11) is 5.19. The van der Waals surface area contributed by atoms with Crippen LogP contribution in [-0.4, -0.2) is 42.8 Å². The number of nitro groups is 2. The molecule has 0 radical (unpaired) electrons. The van der Waals surface area contributed by atoms with Crippen LogP contribution in [0.1, 0.15) is 20.7 Å². The van der Waals surface area contributed by atoms with Gasteiger partial charge in [0.1, 0.15) is 0 Å². The standard InChI is InChI=1S/C23H21N5O6/c1-25(2)19-7-5-4-6-18(19)24-22(29)15-8-11-17(12-9-15)26(3)23(30)16-10-13-20(27(31)32)21(14-16)28(33)34/h4-14H,1-3H3,(H,24,29). The first kappa shape index (κ1) is 23.9. The Morgan fingerprint density at radius 1 is 0.794 bits per heavy atom. The maximum absolute atomic E-state index is 12.8.